The zero-order valence-corrected chi connectivity index (χ0v) is 13.2. The second kappa shape index (κ2) is 6.50. The lowest BCUT2D eigenvalue weighted by atomic mass is 10.2. The van der Waals surface area contributed by atoms with Crippen molar-refractivity contribution in [2.45, 2.75) is 25.4 Å². The van der Waals surface area contributed by atoms with Gasteiger partial charge in [0.2, 0.25) is 0 Å². The third-order valence-electron chi connectivity index (χ3n) is 4.41. The van der Waals surface area contributed by atoms with Crippen LogP contribution < -0.4 is 10.2 Å². The van der Waals surface area contributed by atoms with Gasteiger partial charge in [0.15, 0.2) is 0 Å². The summed E-state index contributed by atoms with van der Waals surface area (Å²) in [6.45, 7) is 5.06. The Kier molecular flexibility index (Phi) is 4.06. The molecule has 23 heavy (non-hydrogen) atoms. The van der Waals surface area contributed by atoms with Crippen LogP contribution in [0.1, 0.15) is 18.4 Å². The highest BCUT2D eigenvalue weighted by atomic mass is 15.3. The molecule has 0 atom stereocenters. The van der Waals surface area contributed by atoms with Gasteiger partial charge in [-0.25, -0.2) is 9.97 Å². The molecule has 0 unspecified atom stereocenters. The highest BCUT2D eigenvalue weighted by Gasteiger charge is 2.22. The Hall–Kier alpha value is -2.21. The Balaban J connectivity index is 1.34. The van der Waals surface area contributed by atoms with Gasteiger partial charge in [0.25, 0.3) is 0 Å². The standard InChI is InChI=1S/C17H22N6/c1-2-14(11-18-5-1)12-22-6-8-23(9-7-22)17-10-16(19-13-20-17)21-15-3-4-15/h1-2,5,10-11,13,15H,3-4,6-9,12H2,(H,19,20,21). The molecule has 6 nitrogen and oxygen atoms in total. The Morgan fingerprint density at radius 2 is 2.00 bits per heavy atom. The first-order valence-electron chi connectivity index (χ1n) is 8.31. The van der Waals surface area contributed by atoms with Crippen LogP contribution in [0.25, 0.3) is 0 Å². The van der Waals surface area contributed by atoms with E-state index in [0.29, 0.717) is 6.04 Å². The number of hydrogen-bond donors (Lipinski definition) is 1. The van der Waals surface area contributed by atoms with Crippen molar-refractivity contribution in [2.24, 2.45) is 0 Å². The summed E-state index contributed by atoms with van der Waals surface area (Å²) >= 11 is 0. The second-order valence-corrected chi connectivity index (χ2v) is 6.30. The summed E-state index contributed by atoms with van der Waals surface area (Å²) in [5.74, 6) is 1.99. The van der Waals surface area contributed by atoms with Crippen LogP contribution in [0.5, 0.6) is 0 Å². The van der Waals surface area contributed by atoms with Gasteiger partial charge in [-0.05, 0) is 24.5 Å². The van der Waals surface area contributed by atoms with E-state index < -0.39 is 0 Å². The maximum Gasteiger partial charge on any atom is 0.134 e. The number of rotatable bonds is 5. The van der Waals surface area contributed by atoms with Crippen molar-refractivity contribution in [1.82, 2.24) is 19.9 Å². The van der Waals surface area contributed by atoms with Gasteiger partial charge in [-0.3, -0.25) is 9.88 Å². The lowest BCUT2D eigenvalue weighted by Crippen LogP contribution is -2.46. The first-order valence-corrected chi connectivity index (χ1v) is 8.31. The van der Waals surface area contributed by atoms with E-state index in [9.17, 15) is 0 Å². The minimum absolute atomic E-state index is 0.620. The van der Waals surface area contributed by atoms with Gasteiger partial charge in [0.05, 0.1) is 0 Å². The third-order valence-corrected chi connectivity index (χ3v) is 4.41. The number of anilines is 2. The summed E-state index contributed by atoms with van der Waals surface area (Å²) in [6.07, 6.45) is 7.96. The zero-order chi connectivity index (χ0) is 15.5. The third kappa shape index (κ3) is 3.76. The maximum absolute atomic E-state index is 4.45. The molecule has 2 fully saturated rings. The quantitative estimate of drug-likeness (QED) is 0.908. The summed E-state index contributed by atoms with van der Waals surface area (Å²) < 4.78 is 0. The van der Waals surface area contributed by atoms with Crippen LogP contribution in [0, 0.1) is 0 Å². The van der Waals surface area contributed by atoms with E-state index in [-0.39, 0.29) is 0 Å². The van der Waals surface area contributed by atoms with E-state index in [2.05, 4.69) is 42.2 Å². The molecule has 1 aliphatic carbocycles. The smallest absolute Gasteiger partial charge is 0.134 e. The van der Waals surface area contributed by atoms with Crippen molar-refractivity contribution in [2.75, 3.05) is 36.4 Å². The van der Waals surface area contributed by atoms with E-state index in [4.69, 9.17) is 0 Å². The number of nitrogens with zero attached hydrogens (tertiary/aromatic N) is 5. The van der Waals surface area contributed by atoms with Gasteiger partial charge in [0, 0.05) is 57.2 Å². The Labute approximate surface area is 136 Å². The predicted molar refractivity (Wildman–Crippen MR) is 90.4 cm³/mol. The molecule has 1 saturated heterocycles. The molecule has 2 aromatic rings. The molecular weight excluding hydrogens is 288 g/mol. The Morgan fingerprint density at radius 1 is 1.13 bits per heavy atom. The first kappa shape index (κ1) is 14.4. The van der Waals surface area contributed by atoms with Crippen LogP contribution >= 0.6 is 0 Å². The lowest BCUT2D eigenvalue weighted by molar-refractivity contribution is 0.249. The van der Waals surface area contributed by atoms with Crippen molar-refractivity contribution in [3.05, 3.63) is 42.5 Å². The number of aromatic nitrogens is 3. The molecule has 0 bridgehead atoms. The Morgan fingerprint density at radius 3 is 2.74 bits per heavy atom. The first-order chi connectivity index (χ1) is 11.4. The SMILES string of the molecule is c1cncc(CN2CCN(c3cc(NC4CC4)ncn3)CC2)c1. The molecule has 2 aliphatic rings. The van der Waals surface area contributed by atoms with E-state index in [0.717, 1.165) is 44.4 Å². The highest BCUT2D eigenvalue weighted by molar-refractivity contribution is 5.49. The normalized spacial score (nSPS) is 18.9. The van der Waals surface area contributed by atoms with Gasteiger partial charge < -0.3 is 10.2 Å². The van der Waals surface area contributed by atoms with Crippen molar-refractivity contribution in [3.63, 3.8) is 0 Å². The summed E-state index contributed by atoms with van der Waals surface area (Å²) in [6, 6.07) is 6.84. The number of pyridine rings is 1. The minimum atomic E-state index is 0.620. The largest absolute Gasteiger partial charge is 0.367 e. The fourth-order valence-corrected chi connectivity index (χ4v) is 2.92. The molecule has 120 valence electrons. The van der Waals surface area contributed by atoms with Crippen LogP contribution in [-0.2, 0) is 6.54 Å². The molecule has 0 spiro atoms. The molecule has 6 heteroatoms. The zero-order valence-electron chi connectivity index (χ0n) is 13.2. The van der Waals surface area contributed by atoms with Crippen LogP contribution in [0.2, 0.25) is 0 Å². The number of nitrogens with one attached hydrogen (secondary N) is 1. The topological polar surface area (TPSA) is 57.2 Å². The van der Waals surface area contributed by atoms with E-state index in [1.54, 1.807) is 6.33 Å². The molecule has 2 aromatic heterocycles. The molecule has 3 heterocycles. The van der Waals surface area contributed by atoms with E-state index >= 15 is 0 Å². The van der Waals surface area contributed by atoms with Crippen molar-refractivity contribution < 1.29 is 0 Å². The molecule has 0 aromatic carbocycles. The van der Waals surface area contributed by atoms with Gasteiger partial charge >= 0.3 is 0 Å². The van der Waals surface area contributed by atoms with Crippen molar-refractivity contribution in [3.8, 4) is 0 Å². The molecule has 1 saturated carbocycles. The van der Waals surface area contributed by atoms with Crippen molar-refractivity contribution >= 4 is 11.6 Å². The highest BCUT2D eigenvalue weighted by Crippen LogP contribution is 2.25. The van der Waals surface area contributed by atoms with Gasteiger partial charge in [-0.1, -0.05) is 6.07 Å². The maximum atomic E-state index is 4.45. The minimum Gasteiger partial charge on any atom is -0.367 e. The molecule has 4 rings (SSSR count). The second-order valence-electron chi connectivity index (χ2n) is 6.30. The average molecular weight is 310 g/mol. The monoisotopic (exact) mass is 310 g/mol. The molecular formula is C17H22N6. The molecule has 1 N–H and O–H groups in total. The van der Waals surface area contributed by atoms with Crippen LogP contribution in [0.4, 0.5) is 11.6 Å². The van der Waals surface area contributed by atoms with Crippen LogP contribution in [0.15, 0.2) is 36.9 Å². The molecule has 0 radical (unpaired) electrons. The van der Waals surface area contributed by atoms with E-state index in [1.807, 2.05) is 18.5 Å². The number of piperazine rings is 1. The fourth-order valence-electron chi connectivity index (χ4n) is 2.92. The van der Waals surface area contributed by atoms with E-state index in [1.165, 1.54) is 18.4 Å². The van der Waals surface area contributed by atoms with Gasteiger partial charge in [0.1, 0.15) is 18.0 Å². The summed E-state index contributed by atoms with van der Waals surface area (Å²) in [4.78, 5) is 17.8. The summed E-state index contributed by atoms with van der Waals surface area (Å²) in [5.41, 5.74) is 1.28. The molecule has 0 amide bonds. The van der Waals surface area contributed by atoms with Gasteiger partial charge in [-0.2, -0.15) is 0 Å². The fraction of sp³-hybridized carbons (Fsp3) is 0.471. The lowest BCUT2D eigenvalue weighted by Gasteiger charge is -2.35. The van der Waals surface area contributed by atoms with Crippen LogP contribution in [0.3, 0.4) is 0 Å². The number of hydrogen-bond acceptors (Lipinski definition) is 6. The summed E-state index contributed by atoms with van der Waals surface area (Å²) in [7, 11) is 0. The van der Waals surface area contributed by atoms with Crippen LogP contribution in [-0.4, -0.2) is 52.1 Å². The average Bonchev–Trinajstić information content (AvgIpc) is 3.41. The van der Waals surface area contributed by atoms with Gasteiger partial charge in [-0.15, -0.1) is 0 Å². The summed E-state index contributed by atoms with van der Waals surface area (Å²) in [5, 5.41) is 3.44. The van der Waals surface area contributed by atoms with Crippen molar-refractivity contribution in [1.29, 1.82) is 0 Å². The predicted octanol–water partition coefficient (Wildman–Crippen LogP) is 1.77. The Bertz CT molecular complexity index is 635. The molecule has 1 aliphatic heterocycles.